The molecule has 1 fully saturated rings. The average Bonchev–Trinajstić information content (AvgIpc) is 2.74. The molecule has 0 saturated carbocycles. The minimum Gasteiger partial charge on any atom is -0.497 e. The van der Waals surface area contributed by atoms with Gasteiger partial charge in [0.2, 0.25) is 11.9 Å². The van der Waals surface area contributed by atoms with E-state index in [0.29, 0.717) is 17.6 Å². The topological polar surface area (TPSA) is 99.3 Å². The van der Waals surface area contributed by atoms with Crippen molar-refractivity contribution >= 4 is 17.6 Å². The molecule has 4 rings (SSSR count). The highest BCUT2D eigenvalue weighted by molar-refractivity contribution is 5.64. The summed E-state index contributed by atoms with van der Waals surface area (Å²) in [5, 5.41) is 3.12. The van der Waals surface area contributed by atoms with Crippen molar-refractivity contribution in [3.8, 4) is 17.0 Å². The molecule has 0 atom stereocenters. The second-order valence-electron chi connectivity index (χ2n) is 7.29. The van der Waals surface area contributed by atoms with Crippen LogP contribution in [0.4, 0.5) is 17.6 Å². The molecule has 0 aliphatic carbocycles. The Kier molecular flexibility index (Phi) is 5.62. The predicted octanol–water partition coefficient (Wildman–Crippen LogP) is 2.04. The van der Waals surface area contributed by atoms with E-state index in [1.54, 1.807) is 13.3 Å². The van der Waals surface area contributed by atoms with Gasteiger partial charge in [-0.1, -0.05) is 0 Å². The fourth-order valence-electron chi connectivity index (χ4n) is 3.33. The lowest BCUT2D eigenvalue weighted by atomic mass is 10.2. The number of piperazine rings is 1. The van der Waals surface area contributed by atoms with Gasteiger partial charge in [-0.15, -0.1) is 0 Å². The third-order valence-corrected chi connectivity index (χ3v) is 5.12. The summed E-state index contributed by atoms with van der Waals surface area (Å²) >= 11 is 0. The lowest BCUT2D eigenvalue weighted by Gasteiger charge is -2.32. The minimum atomic E-state index is -0.251. The zero-order valence-corrected chi connectivity index (χ0v) is 17.3. The smallest absolute Gasteiger partial charge is 0.252 e. The summed E-state index contributed by atoms with van der Waals surface area (Å²) in [6.07, 6.45) is 1.74. The first-order chi connectivity index (χ1) is 14.5. The number of likely N-dealkylation sites (N-methyl/N-ethyl adjacent to an activating group) is 1. The van der Waals surface area contributed by atoms with Crippen LogP contribution in [0.2, 0.25) is 0 Å². The predicted molar refractivity (Wildman–Crippen MR) is 117 cm³/mol. The van der Waals surface area contributed by atoms with Crippen LogP contribution in [0.3, 0.4) is 0 Å². The molecule has 3 aromatic rings. The first kappa shape index (κ1) is 19.8. The number of aromatic nitrogens is 4. The number of benzene rings is 1. The lowest BCUT2D eigenvalue weighted by molar-refractivity contribution is 0.311. The third kappa shape index (κ3) is 4.41. The third-order valence-electron chi connectivity index (χ3n) is 5.12. The van der Waals surface area contributed by atoms with Gasteiger partial charge in [-0.2, -0.15) is 0 Å². The highest BCUT2D eigenvalue weighted by Crippen LogP contribution is 2.23. The number of methoxy groups -OCH3 is 1. The Balaban J connectivity index is 1.58. The molecule has 9 heteroatoms. The van der Waals surface area contributed by atoms with Gasteiger partial charge in [0.1, 0.15) is 5.75 Å². The molecule has 30 heavy (non-hydrogen) atoms. The van der Waals surface area contributed by atoms with Crippen molar-refractivity contribution in [2.45, 2.75) is 6.92 Å². The largest absolute Gasteiger partial charge is 0.497 e. The van der Waals surface area contributed by atoms with Gasteiger partial charge in [0.15, 0.2) is 0 Å². The van der Waals surface area contributed by atoms with Crippen molar-refractivity contribution in [2.24, 2.45) is 0 Å². The van der Waals surface area contributed by atoms with E-state index in [4.69, 9.17) is 4.74 Å². The number of hydrogen-bond acceptors (Lipinski definition) is 8. The molecular formula is C21H25N7O2. The Morgan fingerprint density at radius 1 is 1.10 bits per heavy atom. The van der Waals surface area contributed by atoms with E-state index >= 15 is 0 Å². The number of nitrogens with one attached hydrogen (secondary N) is 2. The maximum absolute atomic E-state index is 12.2. The average molecular weight is 407 g/mol. The van der Waals surface area contributed by atoms with E-state index in [1.807, 2.05) is 31.2 Å². The molecule has 156 valence electrons. The van der Waals surface area contributed by atoms with Gasteiger partial charge in [0.05, 0.1) is 18.5 Å². The first-order valence-corrected chi connectivity index (χ1v) is 9.82. The fraction of sp³-hybridized carbons (Fsp3) is 0.333. The van der Waals surface area contributed by atoms with E-state index in [-0.39, 0.29) is 5.56 Å². The summed E-state index contributed by atoms with van der Waals surface area (Å²) < 4.78 is 5.17. The number of aryl methyl sites for hydroxylation is 1. The summed E-state index contributed by atoms with van der Waals surface area (Å²) in [5.74, 6) is 1.82. The van der Waals surface area contributed by atoms with Crippen LogP contribution in [0.15, 0.2) is 41.3 Å². The quantitative estimate of drug-likeness (QED) is 0.663. The molecule has 1 aliphatic heterocycles. The summed E-state index contributed by atoms with van der Waals surface area (Å²) in [7, 11) is 3.73. The van der Waals surface area contributed by atoms with Crippen LogP contribution in [0.5, 0.6) is 5.75 Å². The van der Waals surface area contributed by atoms with Crippen LogP contribution in [0.25, 0.3) is 11.3 Å². The molecule has 1 aliphatic rings. The van der Waals surface area contributed by atoms with Crippen LogP contribution >= 0.6 is 0 Å². The summed E-state index contributed by atoms with van der Waals surface area (Å²) in [6.45, 7) is 5.68. The van der Waals surface area contributed by atoms with Crippen molar-refractivity contribution in [1.29, 1.82) is 0 Å². The standard InChI is InChI=1S/C21H25N7O2/c1-14-17(13-22-21(23-14)28-10-8-27(2)9-11-28)18-12-19(29)26-20(25-18)24-15-4-6-16(30-3)7-5-15/h4-7,12-13H,8-11H2,1-3H3,(H2,24,25,26,29). The molecular weight excluding hydrogens is 382 g/mol. The molecule has 3 heterocycles. The normalized spacial score (nSPS) is 14.6. The molecule has 1 saturated heterocycles. The van der Waals surface area contributed by atoms with Crippen molar-refractivity contribution in [1.82, 2.24) is 24.8 Å². The number of nitrogens with zero attached hydrogens (tertiary/aromatic N) is 5. The highest BCUT2D eigenvalue weighted by Gasteiger charge is 2.18. The first-order valence-electron chi connectivity index (χ1n) is 9.82. The van der Waals surface area contributed by atoms with Gasteiger partial charge in [-0.25, -0.2) is 15.0 Å². The Bertz CT molecular complexity index is 1070. The number of H-pyrrole nitrogens is 1. The van der Waals surface area contributed by atoms with Crippen molar-refractivity contribution in [3.05, 3.63) is 52.6 Å². The van der Waals surface area contributed by atoms with Crippen molar-refractivity contribution in [3.63, 3.8) is 0 Å². The number of rotatable bonds is 5. The van der Waals surface area contributed by atoms with Crippen LogP contribution in [0, 0.1) is 6.92 Å². The van der Waals surface area contributed by atoms with Crippen LogP contribution in [-0.2, 0) is 0 Å². The highest BCUT2D eigenvalue weighted by atomic mass is 16.5. The second kappa shape index (κ2) is 8.50. The minimum absolute atomic E-state index is 0.251. The van der Waals surface area contributed by atoms with E-state index in [2.05, 4.69) is 42.1 Å². The second-order valence-corrected chi connectivity index (χ2v) is 7.29. The summed E-state index contributed by atoms with van der Waals surface area (Å²) in [4.78, 5) is 33.2. The number of anilines is 3. The zero-order chi connectivity index (χ0) is 21.1. The van der Waals surface area contributed by atoms with Gasteiger partial charge < -0.3 is 19.9 Å². The maximum atomic E-state index is 12.2. The van der Waals surface area contributed by atoms with Gasteiger partial charge in [-0.3, -0.25) is 9.78 Å². The van der Waals surface area contributed by atoms with Gasteiger partial charge in [-0.05, 0) is 38.2 Å². The van der Waals surface area contributed by atoms with Crippen LogP contribution < -0.4 is 20.5 Å². The summed E-state index contributed by atoms with van der Waals surface area (Å²) in [5.41, 5.74) is 2.58. The Hall–Kier alpha value is -3.46. The molecule has 2 aromatic heterocycles. The van der Waals surface area contributed by atoms with Crippen LogP contribution in [0.1, 0.15) is 5.69 Å². The SMILES string of the molecule is COc1ccc(Nc2nc(-c3cnc(N4CCN(C)CC4)nc3C)cc(=O)[nH]2)cc1. The Morgan fingerprint density at radius 3 is 2.50 bits per heavy atom. The van der Waals surface area contributed by atoms with E-state index in [9.17, 15) is 4.79 Å². The van der Waals surface area contributed by atoms with Crippen molar-refractivity contribution < 1.29 is 4.74 Å². The van der Waals surface area contributed by atoms with E-state index in [0.717, 1.165) is 48.9 Å². The molecule has 0 amide bonds. The number of hydrogen-bond donors (Lipinski definition) is 2. The molecule has 0 radical (unpaired) electrons. The monoisotopic (exact) mass is 407 g/mol. The lowest BCUT2D eigenvalue weighted by Crippen LogP contribution is -2.45. The zero-order valence-electron chi connectivity index (χ0n) is 17.3. The van der Waals surface area contributed by atoms with Gasteiger partial charge in [0.25, 0.3) is 5.56 Å². The van der Waals surface area contributed by atoms with Gasteiger partial charge >= 0.3 is 0 Å². The molecule has 0 bridgehead atoms. The molecule has 0 unspecified atom stereocenters. The van der Waals surface area contributed by atoms with Crippen molar-refractivity contribution in [2.75, 3.05) is 50.6 Å². The molecule has 2 N–H and O–H groups in total. The Morgan fingerprint density at radius 2 is 1.83 bits per heavy atom. The van der Waals surface area contributed by atoms with Crippen LogP contribution in [-0.4, -0.2) is 65.2 Å². The number of aromatic amines is 1. The van der Waals surface area contributed by atoms with E-state index < -0.39 is 0 Å². The molecule has 0 spiro atoms. The van der Waals surface area contributed by atoms with Gasteiger partial charge in [0, 0.05) is 49.7 Å². The van der Waals surface area contributed by atoms with E-state index in [1.165, 1.54) is 6.07 Å². The number of ether oxygens (including phenoxy) is 1. The fourth-order valence-corrected chi connectivity index (χ4v) is 3.33. The molecule has 9 nitrogen and oxygen atoms in total. The maximum Gasteiger partial charge on any atom is 0.252 e. The Labute approximate surface area is 174 Å². The summed E-state index contributed by atoms with van der Waals surface area (Å²) in [6, 6.07) is 8.83. The molecule has 1 aromatic carbocycles.